The van der Waals surface area contributed by atoms with Crippen molar-refractivity contribution in [1.29, 1.82) is 0 Å². The lowest BCUT2D eigenvalue weighted by Gasteiger charge is -2.34. The van der Waals surface area contributed by atoms with E-state index >= 15 is 0 Å². The second kappa shape index (κ2) is 3.89. The van der Waals surface area contributed by atoms with E-state index in [9.17, 15) is 8.78 Å². The lowest BCUT2D eigenvalue weighted by atomic mass is 9.80. The fourth-order valence-electron chi connectivity index (χ4n) is 1.42. The summed E-state index contributed by atoms with van der Waals surface area (Å²) in [5, 5.41) is 0. The molecule has 0 saturated carbocycles. The number of benzene rings is 1. The normalized spacial score (nSPS) is 12.9. The topological polar surface area (TPSA) is 26.0 Å². The van der Waals surface area contributed by atoms with Crippen molar-refractivity contribution < 1.29 is 8.78 Å². The van der Waals surface area contributed by atoms with E-state index in [1.807, 2.05) is 0 Å². The first kappa shape index (κ1) is 12.1. The van der Waals surface area contributed by atoms with E-state index in [-0.39, 0.29) is 12.1 Å². The fourth-order valence-corrected chi connectivity index (χ4v) is 1.42. The number of aryl methyl sites for hydroxylation is 1. The number of rotatable bonds is 3. The number of hydrogen-bond donors (Lipinski definition) is 1. The van der Waals surface area contributed by atoms with Crippen molar-refractivity contribution in [2.45, 2.75) is 26.7 Å². The maximum absolute atomic E-state index is 14.1. The quantitative estimate of drug-likeness (QED) is 0.820. The summed E-state index contributed by atoms with van der Waals surface area (Å²) in [6.45, 7) is 4.61. The van der Waals surface area contributed by atoms with E-state index in [4.69, 9.17) is 5.73 Å². The summed E-state index contributed by atoms with van der Waals surface area (Å²) in [5.41, 5.74) is 4.85. The zero-order valence-electron chi connectivity index (χ0n) is 9.35. The van der Waals surface area contributed by atoms with Gasteiger partial charge in [-0.3, -0.25) is 0 Å². The van der Waals surface area contributed by atoms with Gasteiger partial charge in [0.05, 0.1) is 0 Å². The molecule has 3 heteroatoms. The van der Waals surface area contributed by atoms with E-state index in [2.05, 4.69) is 0 Å². The Labute approximate surface area is 89.3 Å². The van der Waals surface area contributed by atoms with Crippen LogP contribution in [-0.2, 0) is 5.92 Å². The first-order valence-electron chi connectivity index (χ1n) is 4.97. The first-order valence-corrected chi connectivity index (χ1v) is 4.97. The number of hydrogen-bond acceptors (Lipinski definition) is 1. The molecule has 1 rings (SSSR count). The van der Waals surface area contributed by atoms with Crippen molar-refractivity contribution in [2.75, 3.05) is 6.54 Å². The third kappa shape index (κ3) is 2.02. The summed E-state index contributed by atoms with van der Waals surface area (Å²) < 4.78 is 28.2. The third-order valence-electron chi connectivity index (χ3n) is 2.84. The average molecular weight is 213 g/mol. The van der Waals surface area contributed by atoms with E-state index < -0.39 is 11.3 Å². The third-order valence-corrected chi connectivity index (χ3v) is 2.84. The minimum Gasteiger partial charge on any atom is -0.330 e. The molecular weight excluding hydrogens is 196 g/mol. The Hall–Kier alpha value is -0.960. The summed E-state index contributed by atoms with van der Waals surface area (Å²) >= 11 is 0. The van der Waals surface area contributed by atoms with Crippen molar-refractivity contribution in [1.82, 2.24) is 0 Å². The van der Waals surface area contributed by atoms with Gasteiger partial charge in [-0.2, -0.15) is 0 Å². The van der Waals surface area contributed by atoms with Crippen LogP contribution in [0.1, 0.15) is 25.0 Å². The van der Waals surface area contributed by atoms with E-state index in [1.165, 1.54) is 19.9 Å². The highest BCUT2D eigenvalue weighted by Crippen LogP contribution is 2.44. The van der Waals surface area contributed by atoms with Crippen LogP contribution in [0.2, 0.25) is 0 Å². The molecule has 15 heavy (non-hydrogen) atoms. The van der Waals surface area contributed by atoms with Crippen LogP contribution in [-0.4, -0.2) is 6.54 Å². The standard InChI is InChI=1S/C12H17F2N/c1-9-6-4-5-7-10(9)12(13,14)11(2,3)8-15/h4-7H,8,15H2,1-3H3. The van der Waals surface area contributed by atoms with Crippen LogP contribution < -0.4 is 5.73 Å². The van der Waals surface area contributed by atoms with Gasteiger partial charge in [0.2, 0.25) is 0 Å². The Bertz CT molecular complexity index is 345. The van der Waals surface area contributed by atoms with E-state index in [0.717, 1.165) is 0 Å². The largest absolute Gasteiger partial charge is 0.330 e. The lowest BCUT2D eigenvalue weighted by Crippen LogP contribution is -2.40. The SMILES string of the molecule is Cc1ccccc1C(F)(F)C(C)(C)CN. The highest BCUT2D eigenvalue weighted by atomic mass is 19.3. The van der Waals surface area contributed by atoms with Gasteiger partial charge < -0.3 is 5.73 Å². The van der Waals surface area contributed by atoms with Crippen LogP contribution in [0.25, 0.3) is 0 Å². The van der Waals surface area contributed by atoms with Gasteiger partial charge in [-0.15, -0.1) is 0 Å². The molecule has 1 aromatic carbocycles. The van der Waals surface area contributed by atoms with E-state index in [0.29, 0.717) is 5.56 Å². The van der Waals surface area contributed by atoms with Crippen molar-refractivity contribution in [2.24, 2.45) is 11.1 Å². The van der Waals surface area contributed by atoms with Crippen LogP contribution in [0.5, 0.6) is 0 Å². The van der Waals surface area contributed by atoms with Crippen LogP contribution in [0.15, 0.2) is 24.3 Å². The monoisotopic (exact) mass is 213 g/mol. The second-order valence-electron chi connectivity index (χ2n) is 4.48. The zero-order valence-corrected chi connectivity index (χ0v) is 9.35. The molecule has 84 valence electrons. The van der Waals surface area contributed by atoms with E-state index in [1.54, 1.807) is 25.1 Å². The smallest absolute Gasteiger partial charge is 0.279 e. The van der Waals surface area contributed by atoms with Crippen molar-refractivity contribution in [3.8, 4) is 0 Å². The van der Waals surface area contributed by atoms with Gasteiger partial charge in [-0.1, -0.05) is 38.1 Å². The van der Waals surface area contributed by atoms with Gasteiger partial charge in [-0.05, 0) is 12.5 Å². The molecular formula is C12H17F2N. The Kier molecular flexibility index (Phi) is 3.14. The van der Waals surface area contributed by atoms with Gasteiger partial charge in [-0.25, -0.2) is 8.78 Å². The predicted molar refractivity (Wildman–Crippen MR) is 57.9 cm³/mol. The van der Waals surface area contributed by atoms with Crippen molar-refractivity contribution >= 4 is 0 Å². The van der Waals surface area contributed by atoms with Gasteiger partial charge in [0.1, 0.15) is 0 Å². The summed E-state index contributed by atoms with van der Waals surface area (Å²) in [7, 11) is 0. The average Bonchev–Trinajstić information content (AvgIpc) is 2.18. The van der Waals surface area contributed by atoms with Crippen LogP contribution in [0.4, 0.5) is 8.78 Å². The molecule has 0 radical (unpaired) electrons. The molecule has 0 atom stereocenters. The summed E-state index contributed by atoms with van der Waals surface area (Å²) in [4.78, 5) is 0. The summed E-state index contributed by atoms with van der Waals surface area (Å²) in [6.07, 6.45) is 0. The van der Waals surface area contributed by atoms with Crippen molar-refractivity contribution in [3.05, 3.63) is 35.4 Å². The molecule has 0 bridgehead atoms. The maximum Gasteiger partial charge on any atom is 0.279 e. The first-order chi connectivity index (χ1) is 6.83. The molecule has 1 nitrogen and oxygen atoms in total. The molecule has 0 heterocycles. The molecule has 0 unspecified atom stereocenters. The molecule has 1 aromatic rings. The number of nitrogens with two attached hydrogens (primary N) is 1. The van der Waals surface area contributed by atoms with Gasteiger partial charge in [0.25, 0.3) is 5.92 Å². The molecule has 0 aromatic heterocycles. The molecule has 0 amide bonds. The van der Waals surface area contributed by atoms with Crippen LogP contribution in [0.3, 0.4) is 0 Å². The molecule has 0 aliphatic carbocycles. The second-order valence-corrected chi connectivity index (χ2v) is 4.48. The highest BCUT2D eigenvalue weighted by Gasteiger charge is 2.47. The molecule has 0 fully saturated rings. The summed E-state index contributed by atoms with van der Waals surface area (Å²) in [5.74, 6) is -2.90. The molecule has 0 aliphatic heterocycles. The summed E-state index contributed by atoms with van der Waals surface area (Å²) in [6, 6.07) is 6.54. The molecule has 2 N–H and O–H groups in total. The van der Waals surface area contributed by atoms with Crippen molar-refractivity contribution in [3.63, 3.8) is 0 Å². The highest BCUT2D eigenvalue weighted by molar-refractivity contribution is 5.31. The Morgan fingerprint density at radius 2 is 1.73 bits per heavy atom. The Balaban J connectivity index is 3.22. The molecule has 0 spiro atoms. The molecule has 0 aliphatic rings. The Morgan fingerprint density at radius 1 is 1.20 bits per heavy atom. The van der Waals surface area contributed by atoms with Crippen LogP contribution >= 0.6 is 0 Å². The van der Waals surface area contributed by atoms with Crippen LogP contribution in [0, 0.1) is 12.3 Å². The minimum atomic E-state index is -2.90. The number of halogens is 2. The van der Waals surface area contributed by atoms with Gasteiger partial charge in [0.15, 0.2) is 0 Å². The predicted octanol–water partition coefficient (Wildman–Crippen LogP) is 3.07. The maximum atomic E-state index is 14.1. The lowest BCUT2D eigenvalue weighted by molar-refractivity contribution is -0.109. The molecule has 0 saturated heterocycles. The minimum absolute atomic E-state index is 0.0473. The van der Waals surface area contributed by atoms with Gasteiger partial charge in [0, 0.05) is 17.5 Å². The number of alkyl halides is 2. The fraction of sp³-hybridized carbons (Fsp3) is 0.500. The van der Waals surface area contributed by atoms with Gasteiger partial charge >= 0.3 is 0 Å². The Morgan fingerprint density at radius 3 is 2.20 bits per heavy atom. The zero-order chi connectivity index (χ0) is 11.7.